The van der Waals surface area contributed by atoms with Gasteiger partial charge in [-0.05, 0) is 58.0 Å². The summed E-state index contributed by atoms with van der Waals surface area (Å²) in [5.41, 5.74) is 0.900. The summed E-state index contributed by atoms with van der Waals surface area (Å²) in [5.74, 6) is 0.788. The average Bonchev–Trinajstić information content (AvgIpc) is 2.74. The number of rotatable bonds is 2. The first-order valence-corrected chi connectivity index (χ1v) is 11.5. The molecule has 1 aromatic carbocycles. The van der Waals surface area contributed by atoms with Gasteiger partial charge in [-0.25, -0.2) is 4.79 Å². The highest BCUT2D eigenvalue weighted by atomic mass is 28.4. The van der Waals surface area contributed by atoms with E-state index in [1.165, 1.54) is 4.68 Å². The number of fused-ring (bicyclic) bond motifs is 1. The molecule has 25 heavy (non-hydrogen) atoms. The van der Waals surface area contributed by atoms with Crippen LogP contribution >= 0.6 is 0 Å². The maximum absolute atomic E-state index is 12.5. The van der Waals surface area contributed by atoms with Gasteiger partial charge in [0.1, 0.15) is 11.4 Å². The van der Waals surface area contributed by atoms with E-state index < -0.39 is 20.0 Å². The number of ether oxygens (including phenoxy) is 1. The smallest absolute Gasteiger partial charge is 0.435 e. The molecule has 0 spiro atoms. The van der Waals surface area contributed by atoms with Crippen molar-refractivity contribution in [3.8, 4) is 5.75 Å². The predicted molar refractivity (Wildman–Crippen MR) is 104 cm³/mol. The molecule has 0 saturated carbocycles. The van der Waals surface area contributed by atoms with Crippen LogP contribution in [0.5, 0.6) is 5.75 Å². The molecular weight excluding hydrogens is 332 g/mol. The van der Waals surface area contributed by atoms with Crippen LogP contribution in [-0.4, -0.2) is 29.8 Å². The zero-order valence-electron chi connectivity index (χ0n) is 16.9. The van der Waals surface area contributed by atoms with Crippen LogP contribution in [0.4, 0.5) is 4.79 Å². The third kappa shape index (κ3) is 4.06. The van der Waals surface area contributed by atoms with Crippen LogP contribution in [0, 0.1) is 6.92 Å². The zero-order chi connectivity index (χ0) is 19.2. The highest BCUT2D eigenvalue weighted by Crippen LogP contribution is 2.39. The van der Waals surface area contributed by atoms with Crippen LogP contribution in [0.15, 0.2) is 18.2 Å². The lowest BCUT2D eigenvalue weighted by Gasteiger charge is -2.36. The van der Waals surface area contributed by atoms with Gasteiger partial charge >= 0.3 is 6.09 Å². The monoisotopic (exact) mass is 362 g/mol. The maximum Gasteiger partial charge on any atom is 0.435 e. The van der Waals surface area contributed by atoms with E-state index in [0.717, 1.165) is 16.8 Å². The quantitative estimate of drug-likeness (QED) is 0.661. The molecule has 0 aliphatic carbocycles. The average molecular weight is 363 g/mol. The molecule has 0 atom stereocenters. The summed E-state index contributed by atoms with van der Waals surface area (Å²) in [6.07, 6.45) is -0.477. The van der Waals surface area contributed by atoms with Gasteiger partial charge in [-0.2, -0.15) is 9.78 Å². The van der Waals surface area contributed by atoms with Gasteiger partial charge in [-0.1, -0.05) is 26.8 Å². The van der Waals surface area contributed by atoms with Crippen LogP contribution in [-0.2, 0) is 4.74 Å². The largest absolute Gasteiger partial charge is 0.543 e. The minimum Gasteiger partial charge on any atom is -0.543 e. The number of aryl methyl sites for hydroxylation is 1. The molecule has 2 aromatic rings. The van der Waals surface area contributed by atoms with Crippen molar-refractivity contribution >= 4 is 25.3 Å². The molecule has 138 valence electrons. The third-order valence-electron chi connectivity index (χ3n) is 4.58. The van der Waals surface area contributed by atoms with E-state index in [2.05, 4.69) is 39.0 Å². The minimum atomic E-state index is -2.00. The first-order valence-electron chi connectivity index (χ1n) is 8.64. The zero-order valence-corrected chi connectivity index (χ0v) is 17.9. The van der Waals surface area contributed by atoms with Crippen molar-refractivity contribution in [2.45, 2.75) is 72.2 Å². The fourth-order valence-corrected chi connectivity index (χ4v) is 3.30. The number of aromatic nitrogens is 2. The number of nitrogens with zero attached hydrogens (tertiary/aromatic N) is 2. The number of carbonyl (C=O) groups excluding carboxylic acids is 1. The first kappa shape index (κ1) is 19.5. The van der Waals surface area contributed by atoms with Gasteiger partial charge in [0.05, 0.1) is 16.6 Å². The van der Waals surface area contributed by atoms with Crippen molar-refractivity contribution in [3.63, 3.8) is 0 Å². The summed E-state index contributed by atoms with van der Waals surface area (Å²) in [6, 6.07) is 5.72. The second kappa shape index (κ2) is 6.16. The lowest BCUT2D eigenvalue weighted by molar-refractivity contribution is 0.0522. The number of benzene rings is 1. The van der Waals surface area contributed by atoms with E-state index in [0.29, 0.717) is 5.52 Å². The Morgan fingerprint density at radius 3 is 2.24 bits per heavy atom. The molecule has 0 amide bonds. The Bertz CT molecular complexity index is 795. The standard InChI is InChI=1S/C19H30N2O3Si/c1-13-16-14(21(20-13)17(22)23-18(2,3)4)11-10-12-15(16)24-25(8,9)19(5,6)7/h10-12H,1-9H3. The van der Waals surface area contributed by atoms with Crippen molar-refractivity contribution < 1.29 is 14.0 Å². The maximum atomic E-state index is 12.5. The summed E-state index contributed by atoms with van der Waals surface area (Å²) in [7, 11) is -2.00. The van der Waals surface area contributed by atoms with E-state index in [1.807, 2.05) is 45.9 Å². The summed E-state index contributed by atoms with van der Waals surface area (Å²) >= 11 is 0. The Morgan fingerprint density at radius 1 is 1.12 bits per heavy atom. The molecule has 0 fully saturated rings. The van der Waals surface area contributed by atoms with Crippen LogP contribution < -0.4 is 4.43 Å². The molecule has 2 rings (SSSR count). The Labute approximate surface area is 151 Å². The van der Waals surface area contributed by atoms with Crippen molar-refractivity contribution in [3.05, 3.63) is 23.9 Å². The van der Waals surface area contributed by atoms with E-state index in [1.54, 1.807) is 0 Å². The summed E-state index contributed by atoms with van der Waals surface area (Å²) in [6.45, 7) is 18.4. The highest BCUT2D eigenvalue weighted by Gasteiger charge is 2.39. The predicted octanol–water partition coefficient (Wildman–Crippen LogP) is 5.51. The van der Waals surface area contributed by atoms with Gasteiger partial charge in [0.2, 0.25) is 0 Å². The highest BCUT2D eigenvalue weighted by molar-refractivity contribution is 6.74. The topological polar surface area (TPSA) is 53.4 Å². The van der Waals surface area contributed by atoms with E-state index in [4.69, 9.17) is 9.16 Å². The second-order valence-electron chi connectivity index (χ2n) is 8.99. The molecule has 6 heteroatoms. The Kier molecular flexibility index (Phi) is 4.81. The number of carbonyl (C=O) groups is 1. The molecule has 0 unspecified atom stereocenters. The van der Waals surface area contributed by atoms with Gasteiger partial charge in [0, 0.05) is 0 Å². The van der Waals surface area contributed by atoms with Gasteiger partial charge in [0.15, 0.2) is 0 Å². The van der Waals surface area contributed by atoms with E-state index >= 15 is 0 Å². The summed E-state index contributed by atoms with van der Waals surface area (Å²) < 4.78 is 13.3. The van der Waals surface area contributed by atoms with Gasteiger partial charge in [-0.15, -0.1) is 0 Å². The number of hydrogen-bond donors (Lipinski definition) is 0. The summed E-state index contributed by atoms with van der Waals surface area (Å²) in [4.78, 5) is 12.5. The van der Waals surface area contributed by atoms with Gasteiger partial charge in [-0.3, -0.25) is 0 Å². The Balaban J connectivity index is 2.52. The molecule has 0 N–H and O–H groups in total. The minimum absolute atomic E-state index is 0.0875. The van der Waals surface area contributed by atoms with E-state index in [9.17, 15) is 4.79 Å². The Hall–Kier alpha value is -1.82. The third-order valence-corrected chi connectivity index (χ3v) is 8.92. The van der Waals surface area contributed by atoms with Crippen molar-refractivity contribution in [2.75, 3.05) is 0 Å². The molecule has 0 aliphatic rings. The normalized spacial score (nSPS) is 13.2. The second-order valence-corrected chi connectivity index (χ2v) is 13.7. The number of hydrogen-bond acceptors (Lipinski definition) is 4. The van der Waals surface area contributed by atoms with Crippen molar-refractivity contribution in [2.24, 2.45) is 0 Å². The fourth-order valence-electron chi connectivity index (χ4n) is 2.27. The molecule has 0 aliphatic heterocycles. The van der Waals surface area contributed by atoms with Gasteiger partial charge < -0.3 is 9.16 Å². The lowest BCUT2D eigenvalue weighted by Crippen LogP contribution is -2.43. The summed E-state index contributed by atoms with van der Waals surface area (Å²) in [5, 5.41) is 5.37. The van der Waals surface area contributed by atoms with Crippen LogP contribution in [0.1, 0.15) is 47.2 Å². The van der Waals surface area contributed by atoms with Crippen molar-refractivity contribution in [1.82, 2.24) is 9.78 Å². The van der Waals surface area contributed by atoms with Crippen LogP contribution in [0.25, 0.3) is 10.9 Å². The van der Waals surface area contributed by atoms with Crippen molar-refractivity contribution in [1.29, 1.82) is 0 Å². The fraction of sp³-hybridized carbons (Fsp3) is 0.579. The molecule has 0 bridgehead atoms. The molecule has 5 nitrogen and oxygen atoms in total. The molecule has 1 aromatic heterocycles. The Morgan fingerprint density at radius 2 is 1.72 bits per heavy atom. The van der Waals surface area contributed by atoms with Crippen LogP contribution in [0.2, 0.25) is 18.1 Å². The van der Waals surface area contributed by atoms with Gasteiger partial charge in [0.25, 0.3) is 8.32 Å². The molecular formula is C19H30N2O3Si. The molecule has 0 radical (unpaired) electrons. The SMILES string of the molecule is Cc1nn(C(=O)OC(C)(C)C)c2cccc(O[Si](C)(C)C(C)(C)C)c12. The first-order chi connectivity index (χ1) is 11.2. The lowest BCUT2D eigenvalue weighted by atomic mass is 10.2. The van der Waals surface area contributed by atoms with Crippen LogP contribution in [0.3, 0.4) is 0 Å². The van der Waals surface area contributed by atoms with E-state index in [-0.39, 0.29) is 5.04 Å². The molecule has 1 heterocycles. The molecule has 0 saturated heterocycles.